The Morgan fingerprint density at radius 3 is 2.60 bits per heavy atom. The second kappa shape index (κ2) is 7.98. The summed E-state index contributed by atoms with van der Waals surface area (Å²) in [4.78, 5) is 2.26. The van der Waals surface area contributed by atoms with E-state index in [1.165, 1.54) is 6.07 Å². The van der Waals surface area contributed by atoms with Gasteiger partial charge in [-0.15, -0.1) is 0 Å². The first-order valence-electron chi connectivity index (χ1n) is 8.91. The van der Waals surface area contributed by atoms with Crippen LogP contribution in [0.5, 0.6) is 5.75 Å². The molecular formula is C21H26FNO2. The third-order valence-electron chi connectivity index (χ3n) is 4.89. The highest BCUT2D eigenvalue weighted by atomic mass is 19.1. The van der Waals surface area contributed by atoms with E-state index < -0.39 is 6.10 Å². The quantitative estimate of drug-likeness (QED) is 0.890. The van der Waals surface area contributed by atoms with Crippen molar-refractivity contribution >= 4 is 0 Å². The minimum atomic E-state index is -0.482. The number of piperidine rings is 1. The molecule has 25 heavy (non-hydrogen) atoms. The van der Waals surface area contributed by atoms with Gasteiger partial charge in [-0.25, -0.2) is 4.39 Å². The number of ether oxygens (including phenoxy) is 1. The number of hydrogen-bond acceptors (Lipinski definition) is 3. The molecule has 3 rings (SSSR count). The number of aliphatic hydroxyl groups is 1. The van der Waals surface area contributed by atoms with Crippen LogP contribution in [-0.2, 0) is 0 Å². The molecule has 1 aliphatic rings. The maximum atomic E-state index is 13.7. The number of aliphatic hydroxyl groups excluding tert-OH is 1. The van der Waals surface area contributed by atoms with Gasteiger partial charge in [-0.05, 0) is 49.9 Å². The molecule has 1 aliphatic heterocycles. The maximum Gasteiger partial charge on any atom is 0.165 e. The van der Waals surface area contributed by atoms with E-state index in [9.17, 15) is 9.50 Å². The number of para-hydroxylation sites is 1. The van der Waals surface area contributed by atoms with Gasteiger partial charge in [-0.2, -0.15) is 0 Å². The van der Waals surface area contributed by atoms with Crippen molar-refractivity contribution < 1.29 is 14.2 Å². The minimum absolute atomic E-state index is 0.0333. The zero-order valence-corrected chi connectivity index (χ0v) is 14.9. The Hall–Kier alpha value is -1.91. The van der Waals surface area contributed by atoms with Gasteiger partial charge in [0.25, 0.3) is 0 Å². The van der Waals surface area contributed by atoms with E-state index >= 15 is 0 Å². The highest BCUT2D eigenvalue weighted by Crippen LogP contribution is 2.24. The highest BCUT2D eigenvalue weighted by molar-refractivity contribution is 5.32. The van der Waals surface area contributed by atoms with Crippen LogP contribution < -0.4 is 4.74 Å². The van der Waals surface area contributed by atoms with Crippen LogP contribution in [0.2, 0.25) is 0 Å². The SMILES string of the molecule is Cc1ccc(C)c([C@H](O)CN2CCC(Oc3ccccc3F)CC2)c1. The molecule has 1 N–H and O–H groups in total. The lowest BCUT2D eigenvalue weighted by Crippen LogP contribution is -2.40. The standard InChI is InChI=1S/C21H26FNO2/c1-15-7-8-16(2)18(13-15)20(24)14-23-11-9-17(10-12-23)25-21-6-4-3-5-19(21)22/h3-8,13,17,20,24H,9-12,14H2,1-2H3/t20-/m1/s1. The molecule has 0 spiro atoms. The van der Waals surface area contributed by atoms with Crippen LogP contribution in [0.1, 0.15) is 35.6 Å². The molecule has 0 amide bonds. The van der Waals surface area contributed by atoms with Crippen molar-refractivity contribution in [3.05, 3.63) is 65.0 Å². The number of rotatable bonds is 5. The lowest BCUT2D eigenvalue weighted by Gasteiger charge is -2.33. The molecule has 1 heterocycles. The molecule has 0 unspecified atom stereocenters. The third kappa shape index (κ3) is 4.59. The number of likely N-dealkylation sites (tertiary alicyclic amines) is 1. The number of nitrogens with zero attached hydrogens (tertiary/aromatic N) is 1. The fraction of sp³-hybridized carbons (Fsp3) is 0.429. The van der Waals surface area contributed by atoms with Gasteiger partial charge >= 0.3 is 0 Å². The van der Waals surface area contributed by atoms with Gasteiger partial charge in [-0.1, -0.05) is 35.9 Å². The predicted octanol–water partition coefficient (Wildman–Crippen LogP) is 4.02. The van der Waals surface area contributed by atoms with Crippen molar-refractivity contribution in [2.24, 2.45) is 0 Å². The van der Waals surface area contributed by atoms with Gasteiger partial charge in [-0.3, -0.25) is 0 Å². The molecule has 0 aromatic heterocycles. The molecule has 0 saturated carbocycles. The molecule has 1 atom stereocenters. The molecule has 1 saturated heterocycles. The van der Waals surface area contributed by atoms with Crippen LogP contribution in [0, 0.1) is 19.7 Å². The largest absolute Gasteiger partial charge is 0.487 e. The lowest BCUT2D eigenvalue weighted by atomic mass is 9.99. The highest BCUT2D eigenvalue weighted by Gasteiger charge is 2.23. The summed E-state index contributed by atoms with van der Waals surface area (Å²) in [6.07, 6.45) is 1.23. The Morgan fingerprint density at radius 1 is 1.16 bits per heavy atom. The number of hydrogen-bond donors (Lipinski definition) is 1. The number of halogens is 1. The van der Waals surface area contributed by atoms with Crippen molar-refractivity contribution in [1.82, 2.24) is 4.90 Å². The minimum Gasteiger partial charge on any atom is -0.487 e. The summed E-state index contributed by atoms with van der Waals surface area (Å²) in [7, 11) is 0. The van der Waals surface area contributed by atoms with E-state index in [0.29, 0.717) is 12.3 Å². The van der Waals surface area contributed by atoms with Crippen molar-refractivity contribution in [3.63, 3.8) is 0 Å². The Labute approximate surface area is 149 Å². The van der Waals surface area contributed by atoms with Crippen LogP contribution in [-0.4, -0.2) is 35.7 Å². The third-order valence-corrected chi connectivity index (χ3v) is 4.89. The maximum absolute atomic E-state index is 13.7. The van der Waals surface area contributed by atoms with Crippen molar-refractivity contribution in [2.45, 2.75) is 38.9 Å². The Balaban J connectivity index is 1.52. The van der Waals surface area contributed by atoms with Crippen LogP contribution in [0.25, 0.3) is 0 Å². The summed E-state index contributed by atoms with van der Waals surface area (Å²) in [5.74, 6) is 0.0200. The first-order valence-corrected chi connectivity index (χ1v) is 8.91. The molecule has 0 radical (unpaired) electrons. The van der Waals surface area contributed by atoms with Crippen LogP contribution in [0.4, 0.5) is 4.39 Å². The lowest BCUT2D eigenvalue weighted by molar-refractivity contribution is 0.0593. The van der Waals surface area contributed by atoms with Crippen molar-refractivity contribution in [1.29, 1.82) is 0 Å². The monoisotopic (exact) mass is 343 g/mol. The summed E-state index contributed by atoms with van der Waals surface area (Å²) in [6.45, 7) is 6.40. The normalized spacial score (nSPS) is 17.4. The Morgan fingerprint density at radius 2 is 1.88 bits per heavy atom. The zero-order valence-electron chi connectivity index (χ0n) is 14.9. The Bertz CT molecular complexity index is 711. The van der Waals surface area contributed by atoms with E-state index in [-0.39, 0.29) is 11.9 Å². The van der Waals surface area contributed by atoms with Gasteiger partial charge in [0.1, 0.15) is 6.10 Å². The molecule has 0 aliphatic carbocycles. The topological polar surface area (TPSA) is 32.7 Å². The molecule has 2 aromatic carbocycles. The number of β-amino-alcohol motifs (C(OH)–C–C–N with tert-alkyl or cyclic N) is 1. The molecule has 3 nitrogen and oxygen atoms in total. The molecule has 0 bridgehead atoms. The average molecular weight is 343 g/mol. The van der Waals surface area contributed by atoms with Crippen molar-refractivity contribution in [2.75, 3.05) is 19.6 Å². The number of benzene rings is 2. The van der Waals surface area contributed by atoms with Gasteiger partial charge in [0.05, 0.1) is 6.10 Å². The first kappa shape index (κ1) is 17.9. The van der Waals surface area contributed by atoms with Crippen LogP contribution in [0.3, 0.4) is 0 Å². The van der Waals surface area contributed by atoms with Gasteiger partial charge in [0, 0.05) is 19.6 Å². The fourth-order valence-electron chi connectivity index (χ4n) is 3.39. The van der Waals surface area contributed by atoms with Gasteiger partial charge < -0.3 is 14.7 Å². The summed E-state index contributed by atoms with van der Waals surface area (Å²) in [5.41, 5.74) is 3.29. The second-order valence-corrected chi connectivity index (χ2v) is 6.92. The fourth-order valence-corrected chi connectivity index (χ4v) is 3.39. The predicted molar refractivity (Wildman–Crippen MR) is 97.4 cm³/mol. The van der Waals surface area contributed by atoms with Crippen LogP contribution in [0.15, 0.2) is 42.5 Å². The first-order chi connectivity index (χ1) is 12.0. The van der Waals surface area contributed by atoms with E-state index in [2.05, 4.69) is 23.1 Å². The molecular weight excluding hydrogens is 317 g/mol. The smallest absolute Gasteiger partial charge is 0.165 e. The summed E-state index contributed by atoms with van der Waals surface area (Å²) >= 11 is 0. The summed E-state index contributed by atoms with van der Waals surface area (Å²) in [5, 5.41) is 10.6. The zero-order chi connectivity index (χ0) is 17.8. The van der Waals surface area contributed by atoms with Gasteiger partial charge in [0.2, 0.25) is 0 Å². The van der Waals surface area contributed by atoms with E-state index in [1.807, 2.05) is 13.8 Å². The molecule has 2 aromatic rings. The summed E-state index contributed by atoms with van der Waals surface area (Å²) < 4.78 is 19.5. The van der Waals surface area contributed by atoms with E-state index in [4.69, 9.17) is 4.74 Å². The Kier molecular flexibility index (Phi) is 5.71. The molecule has 134 valence electrons. The van der Waals surface area contributed by atoms with E-state index in [0.717, 1.165) is 42.6 Å². The summed E-state index contributed by atoms with van der Waals surface area (Å²) in [6, 6.07) is 12.7. The average Bonchev–Trinajstić information content (AvgIpc) is 2.60. The second-order valence-electron chi connectivity index (χ2n) is 6.92. The van der Waals surface area contributed by atoms with Crippen molar-refractivity contribution in [3.8, 4) is 5.75 Å². The number of aryl methyl sites for hydroxylation is 2. The van der Waals surface area contributed by atoms with Crippen LogP contribution >= 0.6 is 0 Å². The molecule has 1 fully saturated rings. The molecule has 4 heteroatoms. The van der Waals surface area contributed by atoms with E-state index in [1.54, 1.807) is 18.2 Å². The van der Waals surface area contributed by atoms with Gasteiger partial charge in [0.15, 0.2) is 11.6 Å².